The topological polar surface area (TPSA) is 455 Å². The van der Waals surface area contributed by atoms with Crippen molar-refractivity contribution in [1.29, 1.82) is 0 Å². The van der Waals surface area contributed by atoms with Gasteiger partial charge in [-0.05, 0) is 51.6 Å². The number of nitrogens with zero attached hydrogens (tertiary/aromatic N) is 4. The SMILES string of the molecule is CS(C)=O.CS(C)=O.NCCCCN.N[C@@H]1CCCC[C@H]1N.N[C@@H]1CCCC[C@H]1N.O=[N+]([O-])[O-].O=[N+]([O-])[O-].O=[N+]([O-])[O-].O=[N+]([O-])[O-].[Pt+2].[Pt+2]. The number of hydrogen-bond donors (Lipinski definition) is 6. The summed E-state index contributed by atoms with van der Waals surface area (Å²) in [7, 11) is -1.22. The molecule has 4 atom stereocenters. The molecule has 0 aliphatic heterocycles. The zero-order valence-electron chi connectivity index (χ0n) is 27.2. The second-order valence-corrected chi connectivity index (χ2v) is 11.9. The molecule has 0 saturated heterocycles. The van der Waals surface area contributed by atoms with Crippen LogP contribution in [0.5, 0.6) is 0 Å². The number of nitrogens with two attached hydrogens (primary N) is 6. The molecular weight excluding hydrogens is 1060 g/mol. The summed E-state index contributed by atoms with van der Waals surface area (Å²) in [5.41, 5.74) is 32.9. The van der Waals surface area contributed by atoms with E-state index in [1.54, 1.807) is 25.0 Å². The Balaban J connectivity index is -0.0000000517. The summed E-state index contributed by atoms with van der Waals surface area (Å²) in [6.07, 6.45) is 18.3. The number of hydrogen-bond acceptors (Lipinski definition) is 20. The first-order valence-electron chi connectivity index (χ1n) is 13.1. The van der Waals surface area contributed by atoms with Gasteiger partial charge in [-0.3, -0.25) is 8.42 Å². The molecule has 2 rings (SSSR count). The Labute approximate surface area is 313 Å². The van der Waals surface area contributed by atoms with Crippen LogP contribution in [0.4, 0.5) is 0 Å². The van der Waals surface area contributed by atoms with Crippen molar-refractivity contribution in [3.05, 3.63) is 61.3 Å². The third-order valence-corrected chi connectivity index (χ3v) is 4.41. The molecule has 0 aromatic carbocycles. The van der Waals surface area contributed by atoms with Crippen molar-refractivity contribution in [2.75, 3.05) is 38.1 Å². The Morgan fingerprint density at radius 3 is 0.646 bits per heavy atom. The molecule has 2 aliphatic carbocycles. The van der Waals surface area contributed by atoms with Crippen LogP contribution in [0.2, 0.25) is 0 Å². The predicted octanol–water partition coefficient (Wildman–Crippen LogP) is -0.858. The molecule has 0 radical (unpaired) electrons. The van der Waals surface area contributed by atoms with Gasteiger partial charge in [0.2, 0.25) is 0 Å². The minimum Gasteiger partial charge on any atom is -0.356 e. The Morgan fingerprint density at radius 2 is 0.583 bits per heavy atom. The van der Waals surface area contributed by atoms with Gasteiger partial charge >= 0.3 is 42.1 Å². The van der Waals surface area contributed by atoms with Gasteiger partial charge in [0.25, 0.3) is 0 Å². The van der Waals surface area contributed by atoms with Gasteiger partial charge in [-0.1, -0.05) is 25.7 Å². The molecule has 0 aromatic heterocycles. The number of unbranched alkanes of at least 4 members (excludes halogenated alkanes) is 1. The van der Waals surface area contributed by atoms with Crippen LogP contribution >= 0.6 is 0 Å². The van der Waals surface area contributed by atoms with Gasteiger partial charge in [0.1, 0.15) is 0 Å². The van der Waals surface area contributed by atoms with E-state index in [9.17, 15) is 8.42 Å². The first-order valence-corrected chi connectivity index (χ1v) is 17.0. The van der Waals surface area contributed by atoms with Crippen molar-refractivity contribution in [3.8, 4) is 0 Å². The molecule has 2 fully saturated rings. The second kappa shape index (κ2) is 54.7. The van der Waals surface area contributed by atoms with Crippen molar-refractivity contribution in [2.24, 2.45) is 34.4 Å². The van der Waals surface area contributed by atoms with E-state index in [0.717, 1.165) is 51.6 Å². The van der Waals surface area contributed by atoms with Crippen LogP contribution in [0.3, 0.4) is 0 Å². The average molecular weight is 1110 g/mol. The molecule has 48 heavy (non-hydrogen) atoms. The monoisotopic (exact) mass is 1110 g/mol. The number of rotatable bonds is 3. The average Bonchev–Trinajstić information content (AvgIpc) is 2.85. The van der Waals surface area contributed by atoms with Gasteiger partial charge < -0.3 is 95.7 Å². The van der Waals surface area contributed by atoms with Crippen molar-refractivity contribution >= 4 is 21.6 Å². The summed E-state index contributed by atoms with van der Waals surface area (Å²) in [4.78, 5) is 33.0. The fraction of sp³-hybridized carbons (Fsp3) is 1.00. The Kier molecular flexibility index (Phi) is 77.7. The van der Waals surface area contributed by atoms with Crippen LogP contribution in [-0.4, -0.2) is 91.0 Å². The van der Waals surface area contributed by atoms with Crippen LogP contribution in [0.15, 0.2) is 0 Å². The molecule has 0 heterocycles. The summed E-state index contributed by atoms with van der Waals surface area (Å²) < 4.78 is 19.1. The van der Waals surface area contributed by atoms with Gasteiger partial charge in [-0.15, -0.1) is 0 Å². The van der Waals surface area contributed by atoms with Gasteiger partial charge in [-0.2, -0.15) is 0 Å². The second-order valence-electron chi connectivity index (χ2n) is 8.89. The molecule has 0 unspecified atom stereocenters. The Morgan fingerprint density at radius 1 is 0.479 bits per heavy atom. The van der Waals surface area contributed by atoms with Crippen LogP contribution in [0, 0.1) is 61.3 Å². The summed E-state index contributed by atoms with van der Waals surface area (Å²) in [5, 5.41) is 59.0. The minimum atomic E-state index is -1.75. The molecule has 0 spiro atoms. The maximum Gasteiger partial charge on any atom is 2.00 e. The summed E-state index contributed by atoms with van der Waals surface area (Å²) in [6, 6.07) is 1.12. The molecule has 0 bridgehead atoms. The summed E-state index contributed by atoms with van der Waals surface area (Å²) >= 11 is 0. The Bertz CT molecular complexity index is 615. The molecule has 298 valence electrons. The fourth-order valence-electron chi connectivity index (χ4n) is 2.67. The van der Waals surface area contributed by atoms with Gasteiger partial charge in [0.05, 0.1) is 20.3 Å². The molecule has 2 saturated carbocycles. The largest absolute Gasteiger partial charge is 2.00 e. The fourth-order valence-corrected chi connectivity index (χ4v) is 2.67. The smallest absolute Gasteiger partial charge is 0.356 e. The van der Waals surface area contributed by atoms with E-state index in [0.29, 0.717) is 0 Å². The zero-order chi connectivity index (χ0) is 38.3. The van der Waals surface area contributed by atoms with Gasteiger partial charge in [0, 0.05) is 70.8 Å². The van der Waals surface area contributed by atoms with E-state index in [2.05, 4.69) is 0 Å². The first-order chi connectivity index (χ1) is 20.9. The zero-order valence-corrected chi connectivity index (χ0v) is 33.4. The van der Waals surface area contributed by atoms with E-state index in [4.69, 9.17) is 95.7 Å². The normalized spacial score (nSPS) is 17.8. The van der Waals surface area contributed by atoms with Crippen molar-refractivity contribution < 1.29 is 70.9 Å². The van der Waals surface area contributed by atoms with Crippen molar-refractivity contribution in [2.45, 2.75) is 88.4 Å². The minimum absolute atomic E-state index is 0. The van der Waals surface area contributed by atoms with E-state index in [-0.39, 0.29) is 66.3 Å². The van der Waals surface area contributed by atoms with Crippen molar-refractivity contribution in [1.82, 2.24) is 0 Å². The quantitative estimate of drug-likeness (QED) is 0.114. The maximum absolute atomic E-state index is 9.56. The van der Waals surface area contributed by atoms with E-state index < -0.39 is 41.9 Å². The van der Waals surface area contributed by atoms with E-state index in [1.165, 1.54) is 25.7 Å². The molecule has 12 N–H and O–H groups in total. The van der Waals surface area contributed by atoms with Crippen LogP contribution in [0.25, 0.3) is 0 Å². The van der Waals surface area contributed by atoms with Gasteiger partial charge in [0.15, 0.2) is 0 Å². The predicted molar refractivity (Wildman–Crippen MR) is 178 cm³/mol. The third-order valence-electron chi connectivity index (χ3n) is 4.41. The van der Waals surface area contributed by atoms with E-state index in [1.807, 2.05) is 0 Å². The van der Waals surface area contributed by atoms with Crippen LogP contribution < -0.4 is 34.4 Å². The standard InChI is InChI=1S/2C6H14N2.C4H12N2.2C2H6OS.4NO3.2Pt/c2*7-5-3-1-2-4-6(5)8;5-3-1-2-4-6;2*1-4(2)3;4*2-1(3)4;;/h2*5-6H,1-4,7-8H2;1-6H2;2*1-2H3;;;;;;/q;;;;;4*-1;2*+2/t2*5-,6-;;;;;;;;;/m11........./s1. The first kappa shape index (κ1) is 68.2. The third kappa shape index (κ3) is 153. The molecular formula is C20H52N10O14Pt2S2. The van der Waals surface area contributed by atoms with Gasteiger partial charge in [-0.25, -0.2) is 0 Å². The summed E-state index contributed by atoms with van der Waals surface area (Å²) in [6.45, 7) is 1.55. The Hall–Kier alpha value is -1.76. The van der Waals surface area contributed by atoms with Crippen molar-refractivity contribution in [3.63, 3.8) is 0 Å². The molecule has 2 aliphatic rings. The molecule has 28 heteroatoms. The maximum atomic E-state index is 9.56. The van der Waals surface area contributed by atoms with E-state index >= 15 is 0 Å². The van der Waals surface area contributed by atoms with Crippen LogP contribution in [-0.2, 0) is 63.7 Å². The molecule has 0 aromatic rings. The van der Waals surface area contributed by atoms with Crippen LogP contribution in [0.1, 0.15) is 64.2 Å². The molecule has 24 nitrogen and oxygen atoms in total. The summed E-state index contributed by atoms with van der Waals surface area (Å²) in [5.74, 6) is 0. The molecule has 0 amide bonds.